The molecule has 0 aliphatic carbocycles. The van der Waals surface area contributed by atoms with Gasteiger partial charge in [-0.15, -0.1) is 0 Å². The summed E-state index contributed by atoms with van der Waals surface area (Å²) in [6.07, 6.45) is 10.3. The fraction of sp³-hybridized carbons (Fsp3) is 1.00. The van der Waals surface area contributed by atoms with E-state index in [0.29, 0.717) is 0 Å². The summed E-state index contributed by atoms with van der Waals surface area (Å²) in [6.45, 7) is 9.44. The monoisotopic (exact) mass is 334 g/mol. The molecule has 0 bridgehead atoms. The fourth-order valence-electron chi connectivity index (χ4n) is 2.23. The molecule has 0 aromatic carbocycles. The third-order valence-corrected chi connectivity index (χ3v) is 8.29. The summed E-state index contributed by atoms with van der Waals surface area (Å²) >= 11 is 0. The van der Waals surface area contributed by atoms with Crippen LogP contribution in [0.4, 0.5) is 25.2 Å². The predicted octanol–water partition coefficient (Wildman–Crippen LogP) is 7.64. The first kappa shape index (κ1) is 21.7. The molecule has 0 aliphatic heterocycles. The molecule has 0 spiro atoms. The van der Waals surface area contributed by atoms with Crippen LogP contribution in [0.3, 0.4) is 0 Å². The van der Waals surface area contributed by atoms with Crippen LogP contribution in [-0.2, 0) is 0 Å². The van der Waals surface area contributed by atoms with Crippen molar-refractivity contribution in [3.8, 4) is 0 Å². The zero-order valence-electron chi connectivity index (χ0n) is 12.1. The van der Waals surface area contributed by atoms with E-state index in [-0.39, 0.29) is 0 Å². The van der Waals surface area contributed by atoms with Gasteiger partial charge in [0.15, 0.2) is 0 Å². The van der Waals surface area contributed by atoms with Crippen molar-refractivity contribution < 1.29 is 25.2 Å². The zero-order valence-corrected chi connectivity index (χ0v) is 13.9. The SMILES string of the molecule is CCC[P+](CC)(CCC)CCC.F[P-](F)(F)(F)(F)F. The Hall–Kier alpha value is 0.440. The molecule has 0 fully saturated rings. The first-order valence-electron chi connectivity index (χ1n) is 6.61. The van der Waals surface area contributed by atoms with E-state index in [1.54, 1.807) is 18.5 Å². The molecule has 0 radical (unpaired) electrons. The van der Waals surface area contributed by atoms with Gasteiger partial charge in [0.05, 0.1) is 24.6 Å². The van der Waals surface area contributed by atoms with Gasteiger partial charge in [0.25, 0.3) is 0 Å². The van der Waals surface area contributed by atoms with Crippen LogP contribution in [-0.4, -0.2) is 24.6 Å². The maximum absolute atomic E-state index is 10.7. The van der Waals surface area contributed by atoms with Crippen LogP contribution in [0.25, 0.3) is 0 Å². The van der Waals surface area contributed by atoms with Gasteiger partial charge < -0.3 is 0 Å². The zero-order chi connectivity index (χ0) is 15.9. The van der Waals surface area contributed by atoms with Crippen molar-refractivity contribution in [2.24, 2.45) is 0 Å². The van der Waals surface area contributed by atoms with Crippen molar-refractivity contribution in [3.05, 3.63) is 0 Å². The number of hydrogen-bond acceptors (Lipinski definition) is 0. The second-order valence-electron chi connectivity index (χ2n) is 4.79. The number of hydrogen-bond donors (Lipinski definition) is 0. The van der Waals surface area contributed by atoms with Crippen molar-refractivity contribution in [1.29, 1.82) is 0 Å². The molecule has 0 aliphatic rings. The van der Waals surface area contributed by atoms with Gasteiger partial charge in [-0.3, -0.25) is 0 Å². The standard InChI is InChI=1S/C11H26P.F6P/c1-5-9-12(8-4,10-6-2)11-7-3;1-7(2,3,4,5)6/h5-11H2,1-4H3;/q+1;-1. The Bertz CT molecular complexity index is 217. The molecular formula is C11H26F6P2. The van der Waals surface area contributed by atoms with Crippen LogP contribution in [0.2, 0.25) is 0 Å². The molecule has 8 heteroatoms. The van der Waals surface area contributed by atoms with Gasteiger partial charge >= 0.3 is 33.0 Å². The van der Waals surface area contributed by atoms with Gasteiger partial charge in [-0.2, -0.15) is 0 Å². The maximum atomic E-state index is 9.87. The molecule has 0 aromatic heterocycles. The Morgan fingerprint density at radius 3 is 0.947 bits per heavy atom. The van der Waals surface area contributed by atoms with Gasteiger partial charge in [-0.25, -0.2) is 0 Å². The van der Waals surface area contributed by atoms with Gasteiger partial charge in [0.2, 0.25) is 0 Å². The van der Waals surface area contributed by atoms with E-state index in [1.807, 2.05) is 0 Å². The number of halogens is 6. The van der Waals surface area contributed by atoms with Crippen LogP contribution in [0.5, 0.6) is 0 Å². The summed E-state index contributed by atoms with van der Waals surface area (Å²) in [5, 5.41) is 0. The Balaban J connectivity index is 0. The van der Waals surface area contributed by atoms with Crippen molar-refractivity contribution in [3.63, 3.8) is 0 Å². The molecule has 0 nitrogen and oxygen atoms in total. The number of rotatable bonds is 7. The summed E-state index contributed by atoms with van der Waals surface area (Å²) in [7, 11) is -11.1. The van der Waals surface area contributed by atoms with Gasteiger partial charge in [-0.1, -0.05) is 20.8 Å². The van der Waals surface area contributed by atoms with Crippen LogP contribution < -0.4 is 0 Å². The van der Waals surface area contributed by atoms with Crippen LogP contribution >= 0.6 is 15.1 Å². The van der Waals surface area contributed by atoms with E-state index in [4.69, 9.17) is 0 Å². The van der Waals surface area contributed by atoms with Crippen molar-refractivity contribution in [1.82, 2.24) is 0 Å². The molecule has 0 heterocycles. The van der Waals surface area contributed by atoms with Crippen LogP contribution in [0.15, 0.2) is 0 Å². The molecular weight excluding hydrogens is 308 g/mol. The van der Waals surface area contributed by atoms with Crippen molar-refractivity contribution in [2.75, 3.05) is 24.6 Å². The second-order valence-corrected chi connectivity index (χ2v) is 11.4. The minimum atomic E-state index is -10.7. The fourth-order valence-corrected chi connectivity index (χ4v) is 6.70. The Morgan fingerprint density at radius 1 is 0.632 bits per heavy atom. The second kappa shape index (κ2) is 6.93. The van der Waals surface area contributed by atoms with E-state index in [1.165, 1.54) is 25.4 Å². The van der Waals surface area contributed by atoms with E-state index >= 15 is 0 Å². The first-order chi connectivity index (χ1) is 8.19. The van der Waals surface area contributed by atoms with E-state index in [0.717, 1.165) is 0 Å². The average molecular weight is 334 g/mol. The summed E-state index contributed by atoms with van der Waals surface area (Å²) < 4.78 is 59.2. The molecule has 0 atom stereocenters. The quantitative estimate of drug-likeness (QED) is 0.331. The Morgan fingerprint density at radius 2 is 0.842 bits per heavy atom. The van der Waals surface area contributed by atoms with E-state index < -0.39 is 15.1 Å². The normalized spacial score (nSPS) is 16.1. The molecule has 0 unspecified atom stereocenters. The average Bonchev–Trinajstić information content (AvgIpc) is 2.14. The molecule has 0 amide bonds. The minimum absolute atomic E-state index is 0.477. The predicted molar refractivity (Wildman–Crippen MR) is 76.5 cm³/mol. The van der Waals surface area contributed by atoms with E-state index in [2.05, 4.69) is 27.7 Å². The third-order valence-electron chi connectivity index (χ3n) is 2.76. The Labute approximate surface area is 112 Å². The molecule has 122 valence electrons. The van der Waals surface area contributed by atoms with Crippen LogP contribution in [0, 0.1) is 0 Å². The van der Waals surface area contributed by atoms with Gasteiger partial charge in [-0.05, 0) is 26.2 Å². The van der Waals surface area contributed by atoms with Crippen LogP contribution in [0.1, 0.15) is 47.0 Å². The van der Waals surface area contributed by atoms with Crippen molar-refractivity contribution in [2.45, 2.75) is 47.0 Å². The van der Waals surface area contributed by atoms with Gasteiger partial charge in [0, 0.05) is 7.26 Å². The van der Waals surface area contributed by atoms with Crippen molar-refractivity contribution >= 4 is 15.1 Å². The van der Waals surface area contributed by atoms with E-state index in [9.17, 15) is 25.2 Å². The Kier molecular flexibility index (Phi) is 7.93. The summed E-state index contributed by atoms with van der Waals surface area (Å²) in [6, 6.07) is 0. The summed E-state index contributed by atoms with van der Waals surface area (Å²) in [5.41, 5.74) is 0. The summed E-state index contributed by atoms with van der Waals surface area (Å²) in [4.78, 5) is 0. The molecule has 0 rings (SSSR count). The molecule has 0 N–H and O–H groups in total. The molecule has 0 aromatic rings. The summed E-state index contributed by atoms with van der Waals surface area (Å²) in [5.74, 6) is 0. The topological polar surface area (TPSA) is 0 Å². The first-order valence-corrected chi connectivity index (χ1v) is 11.2. The molecule has 0 saturated heterocycles. The van der Waals surface area contributed by atoms with Gasteiger partial charge in [0.1, 0.15) is 0 Å². The molecule has 19 heavy (non-hydrogen) atoms. The third kappa shape index (κ3) is 20.9. The molecule has 0 saturated carbocycles.